The summed E-state index contributed by atoms with van der Waals surface area (Å²) >= 11 is 0. The molecule has 0 saturated heterocycles. The zero-order valence-electron chi connectivity index (χ0n) is 4.63. The molecule has 0 aliphatic heterocycles. The topological polar surface area (TPSA) is 17.1 Å². The third-order valence-corrected chi connectivity index (χ3v) is 1.23. The second kappa shape index (κ2) is 2.46. The van der Waals surface area contributed by atoms with E-state index in [1.807, 2.05) is 6.08 Å². The van der Waals surface area contributed by atoms with Gasteiger partial charge in [0.1, 0.15) is 6.29 Å². The maximum absolute atomic E-state index is 9.74. The second-order valence-electron chi connectivity index (χ2n) is 1.81. The molecule has 1 nitrogen and oxygen atoms in total. The monoisotopic (exact) mass is 108 g/mol. The summed E-state index contributed by atoms with van der Waals surface area (Å²) in [5, 5.41) is 0. The first-order valence-electron chi connectivity index (χ1n) is 2.74. The van der Waals surface area contributed by atoms with E-state index in [9.17, 15) is 4.79 Å². The van der Waals surface area contributed by atoms with Crippen molar-refractivity contribution in [1.29, 1.82) is 0 Å². The highest BCUT2D eigenvalue weighted by molar-refractivity contribution is 5.66. The lowest BCUT2D eigenvalue weighted by Gasteiger charge is -2.07. The Balaban J connectivity index is 2.38. The van der Waals surface area contributed by atoms with Crippen molar-refractivity contribution in [3.63, 3.8) is 0 Å². The Morgan fingerprint density at radius 2 is 2.38 bits per heavy atom. The molecule has 0 saturated carbocycles. The SMILES string of the molecule is O=CC=CC1=CCC1. The van der Waals surface area contributed by atoms with Crippen LogP contribution < -0.4 is 0 Å². The minimum atomic E-state index is 0.805. The fourth-order valence-electron chi connectivity index (χ4n) is 0.625. The minimum absolute atomic E-state index is 0.805. The highest BCUT2D eigenvalue weighted by Crippen LogP contribution is 2.17. The highest BCUT2D eigenvalue weighted by atomic mass is 16.1. The molecule has 0 radical (unpaired) electrons. The Kier molecular flexibility index (Phi) is 1.62. The van der Waals surface area contributed by atoms with Gasteiger partial charge in [-0.05, 0) is 18.9 Å². The fourth-order valence-corrected chi connectivity index (χ4v) is 0.625. The molecule has 0 fully saturated rings. The summed E-state index contributed by atoms with van der Waals surface area (Å²) in [6, 6.07) is 0. The molecule has 0 spiro atoms. The van der Waals surface area contributed by atoms with Gasteiger partial charge >= 0.3 is 0 Å². The summed E-state index contributed by atoms with van der Waals surface area (Å²) in [4.78, 5) is 9.74. The summed E-state index contributed by atoms with van der Waals surface area (Å²) in [5.74, 6) is 0. The first-order valence-corrected chi connectivity index (χ1v) is 2.74. The first kappa shape index (κ1) is 5.29. The van der Waals surface area contributed by atoms with Gasteiger partial charge in [-0.15, -0.1) is 0 Å². The zero-order chi connectivity index (χ0) is 5.82. The van der Waals surface area contributed by atoms with Crippen molar-refractivity contribution in [1.82, 2.24) is 0 Å². The van der Waals surface area contributed by atoms with Crippen molar-refractivity contribution in [2.24, 2.45) is 0 Å². The lowest BCUT2D eigenvalue weighted by molar-refractivity contribution is -0.104. The predicted molar refractivity (Wildman–Crippen MR) is 32.5 cm³/mol. The van der Waals surface area contributed by atoms with Crippen molar-refractivity contribution in [2.75, 3.05) is 0 Å². The molecule has 0 aromatic rings. The number of carbonyl (C=O) groups excluding carboxylic acids is 1. The number of allylic oxidation sites excluding steroid dienone is 4. The molecule has 1 rings (SSSR count). The summed E-state index contributed by atoms with van der Waals surface area (Å²) < 4.78 is 0. The molecule has 0 unspecified atom stereocenters. The quantitative estimate of drug-likeness (QED) is 0.386. The van der Waals surface area contributed by atoms with Crippen LogP contribution >= 0.6 is 0 Å². The molecule has 0 bridgehead atoms. The van der Waals surface area contributed by atoms with Gasteiger partial charge in [-0.25, -0.2) is 0 Å². The number of carbonyl (C=O) groups is 1. The summed E-state index contributed by atoms with van der Waals surface area (Å²) in [7, 11) is 0. The van der Waals surface area contributed by atoms with Crippen molar-refractivity contribution in [3.8, 4) is 0 Å². The standard InChI is InChI=1S/C7H8O/c8-6-2-5-7-3-1-4-7/h2-3,5-6H,1,4H2. The van der Waals surface area contributed by atoms with E-state index in [0.29, 0.717) is 0 Å². The summed E-state index contributed by atoms with van der Waals surface area (Å²) in [6.45, 7) is 0. The Labute approximate surface area is 48.7 Å². The van der Waals surface area contributed by atoms with Gasteiger partial charge in [-0.1, -0.05) is 17.7 Å². The molecule has 0 N–H and O–H groups in total. The predicted octanol–water partition coefficient (Wildman–Crippen LogP) is 1.46. The zero-order valence-corrected chi connectivity index (χ0v) is 4.63. The van der Waals surface area contributed by atoms with Crippen LogP contribution in [0.15, 0.2) is 23.8 Å². The largest absolute Gasteiger partial charge is 0.299 e. The third kappa shape index (κ3) is 1.06. The summed E-state index contributed by atoms with van der Waals surface area (Å²) in [6.07, 6.45) is 8.64. The van der Waals surface area contributed by atoms with E-state index in [2.05, 4.69) is 6.08 Å². The number of hydrogen-bond acceptors (Lipinski definition) is 1. The Morgan fingerprint density at radius 3 is 2.75 bits per heavy atom. The summed E-state index contributed by atoms with van der Waals surface area (Å²) in [5.41, 5.74) is 1.29. The van der Waals surface area contributed by atoms with Crippen LogP contribution in [-0.2, 0) is 4.79 Å². The van der Waals surface area contributed by atoms with Gasteiger partial charge in [0.2, 0.25) is 0 Å². The molecule has 1 aliphatic carbocycles. The van der Waals surface area contributed by atoms with Crippen LogP contribution in [0.2, 0.25) is 0 Å². The van der Waals surface area contributed by atoms with Gasteiger partial charge in [0, 0.05) is 0 Å². The van der Waals surface area contributed by atoms with E-state index in [4.69, 9.17) is 0 Å². The molecule has 0 amide bonds. The Morgan fingerprint density at radius 1 is 1.62 bits per heavy atom. The first-order chi connectivity index (χ1) is 3.93. The second-order valence-corrected chi connectivity index (χ2v) is 1.81. The third-order valence-electron chi connectivity index (χ3n) is 1.23. The lowest BCUT2D eigenvalue weighted by Crippen LogP contribution is -1.88. The fraction of sp³-hybridized carbons (Fsp3) is 0.286. The average molecular weight is 108 g/mol. The minimum Gasteiger partial charge on any atom is -0.299 e. The molecule has 0 aromatic heterocycles. The van der Waals surface area contributed by atoms with Crippen molar-refractivity contribution < 1.29 is 4.79 Å². The normalized spacial score (nSPS) is 17.8. The number of hydrogen-bond donors (Lipinski definition) is 0. The Hall–Kier alpha value is -0.850. The smallest absolute Gasteiger partial charge is 0.142 e. The highest BCUT2D eigenvalue weighted by Gasteiger charge is 1.98. The van der Waals surface area contributed by atoms with Crippen molar-refractivity contribution >= 4 is 6.29 Å². The van der Waals surface area contributed by atoms with E-state index >= 15 is 0 Å². The molecule has 0 atom stereocenters. The average Bonchev–Trinajstić information content (AvgIpc) is 1.63. The van der Waals surface area contributed by atoms with Crippen LogP contribution in [0, 0.1) is 0 Å². The molecule has 1 aliphatic rings. The number of aldehydes is 1. The van der Waals surface area contributed by atoms with E-state index in [1.54, 1.807) is 0 Å². The van der Waals surface area contributed by atoms with Gasteiger partial charge in [0.25, 0.3) is 0 Å². The van der Waals surface area contributed by atoms with Crippen LogP contribution in [0.4, 0.5) is 0 Å². The molecular formula is C7H8O. The van der Waals surface area contributed by atoms with E-state index < -0.39 is 0 Å². The van der Waals surface area contributed by atoms with Gasteiger partial charge in [-0.2, -0.15) is 0 Å². The van der Waals surface area contributed by atoms with Gasteiger partial charge in [-0.3, -0.25) is 4.79 Å². The van der Waals surface area contributed by atoms with E-state index in [1.165, 1.54) is 18.1 Å². The number of rotatable bonds is 2. The van der Waals surface area contributed by atoms with Crippen LogP contribution in [0.25, 0.3) is 0 Å². The van der Waals surface area contributed by atoms with Crippen LogP contribution in [0.3, 0.4) is 0 Å². The van der Waals surface area contributed by atoms with Crippen molar-refractivity contribution in [3.05, 3.63) is 23.8 Å². The van der Waals surface area contributed by atoms with Gasteiger partial charge < -0.3 is 0 Å². The van der Waals surface area contributed by atoms with Crippen LogP contribution in [0.5, 0.6) is 0 Å². The molecule has 8 heavy (non-hydrogen) atoms. The van der Waals surface area contributed by atoms with Crippen molar-refractivity contribution in [2.45, 2.75) is 12.8 Å². The lowest BCUT2D eigenvalue weighted by atomic mass is 9.99. The van der Waals surface area contributed by atoms with E-state index in [0.717, 1.165) is 12.7 Å². The van der Waals surface area contributed by atoms with E-state index in [-0.39, 0.29) is 0 Å². The van der Waals surface area contributed by atoms with Crippen LogP contribution in [-0.4, -0.2) is 6.29 Å². The molecule has 0 heterocycles. The van der Waals surface area contributed by atoms with Gasteiger partial charge in [0.15, 0.2) is 0 Å². The maximum Gasteiger partial charge on any atom is 0.142 e. The van der Waals surface area contributed by atoms with Gasteiger partial charge in [0.05, 0.1) is 0 Å². The molecule has 1 heteroatoms. The molecular weight excluding hydrogens is 100 g/mol. The molecule has 42 valence electrons. The Bertz CT molecular complexity index is 142. The molecule has 0 aromatic carbocycles. The van der Waals surface area contributed by atoms with Crippen LogP contribution in [0.1, 0.15) is 12.8 Å². The maximum atomic E-state index is 9.74.